The molecule has 0 aliphatic carbocycles. The molecule has 6 heteroatoms. The van der Waals surface area contributed by atoms with Gasteiger partial charge in [-0.3, -0.25) is 9.59 Å². The van der Waals surface area contributed by atoms with Gasteiger partial charge in [-0.05, 0) is 29.7 Å². The quantitative estimate of drug-likeness (QED) is 0.800. The number of carbonyl (C=O) groups excluding carboxylic acids is 2. The Kier molecular flexibility index (Phi) is 5.74. The summed E-state index contributed by atoms with van der Waals surface area (Å²) < 4.78 is 13.8. The molecule has 1 aromatic heterocycles. The fraction of sp³-hybridized carbons (Fsp3) is 0.263. The van der Waals surface area contributed by atoms with Crippen LogP contribution in [0.5, 0.6) is 0 Å². The molecule has 0 aliphatic heterocycles. The molecule has 0 fully saturated rings. The van der Waals surface area contributed by atoms with E-state index in [1.165, 1.54) is 23.5 Å². The lowest BCUT2D eigenvalue weighted by atomic mass is 9.86. The van der Waals surface area contributed by atoms with Gasteiger partial charge in [-0.15, -0.1) is 11.3 Å². The standard InChI is InChI=1S/C19H21FN2O2S/c1-19(2,3)17(18(21)24)22-16(23)11-9-12-8-10-15(25-12)13-6-4-5-7-14(13)20/h4-11,17H,1-3H3,(H2,21,24)(H,22,23)/b11-9+/t17-/m1/s1. The molecule has 132 valence electrons. The lowest BCUT2D eigenvalue weighted by Gasteiger charge is -2.28. The van der Waals surface area contributed by atoms with E-state index in [2.05, 4.69) is 5.32 Å². The normalized spacial score (nSPS) is 13.0. The van der Waals surface area contributed by atoms with E-state index in [4.69, 9.17) is 5.73 Å². The SMILES string of the molecule is CC(C)(C)[C@H](NC(=O)/C=C/c1ccc(-c2ccccc2F)s1)C(N)=O. The van der Waals surface area contributed by atoms with Crippen molar-refractivity contribution >= 4 is 29.2 Å². The number of hydrogen-bond acceptors (Lipinski definition) is 3. The summed E-state index contributed by atoms with van der Waals surface area (Å²) in [6, 6.07) is 9.39. The minimum Gasteiger partial charge on any atom is -0.368 e. The van der Waals surface area contributed by atoms with Crippen molar-refractivity contribution in [3.8, 4) is 10.4 Å². The molecule has 0 bridgehead atoms. The molecule has 0 saturated carbocycles. The predicted octanol–water partition coefficient (Wildman–Crippen LogP) is 3.58. The molecule has 0 aliphatic rings. The maximum absolute atomic E-state index is 13.8. The molecule has 2 amide bonds. The number of thiophene rings is 1. The first kappa shape index (κ1) is 18.9. The first-order chi connectivity index (χ1) is 11.7. The van der Waals surface area contributed by atoms with Crippen LogP contribution in [-0.2, 0) is 9.59 Å². The number of carbonyl (C=O) groups is 2. The van der Waals surface area contributed by atoms with Crippen molar-refractivity contribution in [3.05, 3.63) is 53.2 Å². The van der Waals surface area contributed by atoms with E-state index in [0.29, 0.717) is 5.56 Å². The molecular formula is C19H21FN2O2S. The van der Waals surface area contributed by atoms with Crippen molar-refractivity contribution in [1.29, 1.82) is 0 Å². The van der Waals surface area contributed by atoms with Crippen LogP contribution in [0.3, 0.4) is 0 Å². The first-order valence-corrected chi connectivity index (χ1v) is 8.63. The highest BCUT2D eigenvalue weighted by Gasteiger charge is 2.30. The summed E-state index contributed by atoms with van der Waals surface area (Å²) in [5.41, 5.74) is 5.40. The molecule has 1 heterocycles. The Morgan fingerprint density at radius 2 is 1.88 bits per heavy atom. The molecule has 0 saturated heterocycles. The van der Waals surface area contributed by atoms with Gasteiger partial charge < -0.3 is 11.1 Å². The molecule has 1 atom stereocenters. The third kappa shape index (κ3) is 5.00. The second-order valence-electron chi connectivity index (χ2n) is 6.73. The highest BCUT2D eigenvalue weighted by atomic mass is 32.1. The third-order valence-corrected chi connectivity index (χ3v) is 4.69. The summed E-state index contributed by atoms with van der Waals surface area (Å²) in [4.78, 5) is 25.1. The van der Waals surface area contributed by atoms with E-state index in [-0.39, 0.29) is 5.82 Å². The predicted molar refractivity (Wildman–Crippen MR) is 99.3 cm³/mol. The molecule has 2 aromatic rings. The fourth-order valence-electron chi connectivity index (χ4n) is 2.31. The van der Waals surface area contributed by atoms with Gasteiger partial charge in [0.2, 0.25) is 11.8 Å². The molecule has 1 aromatic carbocycles. The van der Waals surface area contributed by atoms with Gasteiger partial charge in [-0.25, -0.2) is 4.39 Å². The van der Waals surface area contributed by atoms with Crippen molar-refractivity contribution in [1.82, 2.24) is 5.32 Å². The van der Waals surface area contributed by atoms with Gasteiger partial charge in [0, 0.05) is 21.4 Å². The summed E-state index contributed by atoms with van der Waals surface area (Å²) >= 11 is 1.37. The average Bonchev–Trinajstić information content (AvgIpc) is 2.98. The lowest BCUT2D eigenvalue weighted by molar-refractivity contribution is -0.127. The number of nitrogens with two attached hydrogens (primary N) is 1. The minimum atomic E-state index is -0.762. The van der Waals surface area contributed by atoms with Gasteiger partial charge in [-0.1, -0.05) is 39.0 Å². The average molecular weight is 360 g/mol. The number of primary amides is 1. The highest BCUT2D eigenvalue weighted by Crippen LogP contribution is 2.30. The molecule has 2 rings (SSSR count). The van der Waals surface area contributed by atoms with Gasteiger partial charge in [0.15, 0.2) is 0 Å². The summed E-state index contributed by atoms with van der Waals surface area (Å²) in [5.74, 6) is -1.26. The van der Waals surface area contributed by atoms with Gasteiger partial charge in [0.1, 0.15) is 11.9 Å². The van der Waals surface area contributed by atoms with Crippen LogP contribution >= 0.6 is 11.3 Å². The number of rotatable bonds is 5. The third-order valence-electron chi connectivity index (χ3n) is 3.60. The zero-order valence-electron chi connectivity index (χ0n) is 14.4. The Balaban J connectivity index is 2.09. The fourth-order valence-corrected chi connectivity index (χ4v) is 3.25. The Hall–Kier alpha value is -2.47. The molecule has 4 nitrogen and oxygen atoms in total. The zero-order chi connectivity index (χ0) is 18.6. The summed E-state index contributed by atoms with van der Waals surface area (Å²) in [6.45, 7) is 5.48. The number of halogens is 1. The van der Waals surface area contributed by atoms with E-state index < -0.39 is 23.3 Å². The molecule has 3 N–H and O–H groups in total. The summed E-state index contributed by atoms with van der Waals surface area (Å²) in [5, 5.41) is 2.62. The van der Waals surface area contributed by atoms with Crippen molar-refractivity contribution in [2.24, 2.45) is 11.1 Å². The van der Waals surface area contributed by atoms with Crippen molar-refractivity contribution in [3.63, 3.8) is 0 Å². The molecule has 0 unspecified atom stereocenters. The number of benzene rings is 1. The van der Waals surface area contributed by atoms with E-state index in [9.17, 15) is 14.0 Å². The first-order valence-electron chi connectivity index (χ1n) is 7.81. The number of hydrogen-bond donors (Lipinski definition) is 2. The minimum absolute atomic E-state index is 0.285. The molecular weight excluding hydrogens is 339 g/mol. The van der Waals surface area contributed by atoms with Crippen LogP contribution in [0.2, 0.25) is 0 Å². The van der Waals surface area contributed by atoms with Gasteiger partial charge >= 0.3 is 0 Å². The van der Waals surface area contributed by atoms with Crippen LogP contribution in [0.4, 0.5) is 4.39 Å². The van der Waals surface area contributed by atoms with E-state index in [1.54, 1.807) is 24.3 Å². The van der Waals surface area contributed by atoms with Crippen molar-refractivity contribution < 1.29 is 14.0 Å². The van der Waals surface area contributed by atoms with Crippen LogP contribution in [0.1, 0.15) is 25.6 Å². The smallest absolute Gasteiger partial charge is 0.244 e. The second-order valence-corrected chi connectivity index (χ2v) is 7.84. The zero-order valence-corrected chi connectivity index (χ0v) is 15.2. The van der Waals surface area contributed by atoms with Crippen LogP contribution in [0.15, 0.2) is 42.5 Å². The van der Waals surface area contributed by atoms with Gasteiger partial charge in [-0.2, -0.15) is 0 Å². The Bertz CT molecular complexity index is 806. The Morgan fingerprint density at radius 1 is 1.20 bits per heavy atom. The lowest BCUT2D eigenvalue weighted by Crippen LogP contribution is -2.51. The van der Waals surface area contributed by atoms with Gasteiger partial charge in [0.25, 0.3) is 0 Å². The van der Waals surface area contributed by atoms with Gasteiger partial charge in [0.05, 0.1) is 0 Å². The van der Waals surface area contributed by atoms with Crippen LogP contribution in [-0.4, -0.2) is 17.9 Å². The number of nitrogens with one attached hydrogen (secondary N) is 1. The van der Waals surface area contributed by atoms with Crippen molar-refractivity contribution in [2.75, 3.05) is 0 Å². The van der Waals surface area contributed by atoms with Crippen LogP contribution < -0.4 is 11.1 Å². The topological polar surface area (TPSA) is 72.2 Å². The summed E-state index contributed by atoms with van der Waals surface area (Å²) in [7, 11) is 0. The second kappa shape index (κ2) is 7.61. The maximum atomic E-state index is 13.8. The Labute approximate surface area is 150 Å². The van der Waals surface area contributed by atoms with E-state index in [1.807, 2.05) is 32.9 Å². The molecule has 0 spiro atoms. The highest BCUT2D eigenvalue weighted by molar-refractivity contribution is 7.16. The largest absolute Gasteiger partial charge is 0.368 e. The van der Waals surface area contributed by atoms with E-state index >= 15 is 0 Å². The molecule has 0 radical (unpaired) electrons. The summed E-state index contributed by atoms with van der Waals surface area (Å²) in [6.07, 6.45) is 2.98. The van der Waals surface area contributed by atoms with E-state index in [0.717, 1.165) is 9.75 Å². The number of amides is 2. The van der Waals surface area contributed by atoms with Crippen molar-refractivity contribution in [2.45, 2.75) is 26.8 Å². The van der Waals surface area contributed by atoms with Crippen LogP contribution in [0.25, 0.3) is 16.5 Å². The maximum Gasteiger partial charge on any atom is 0.244 e. The monoisotopic (exact) mass is 360 g/mol. The molecule has 25 heavy (non-hydrogen) atoms. The Morgan fingerprint density at radius 3 is 2.48 bits per heavy atom. The van der Waals surface area contributed by atoms with Crippen LogP contribution in [0, 0.1) is 11.2 Å².